The van der Waals surface area contributed by atoms with Crippen molar-refractivity contribution in [2.24, 2.45) is 0 Å². The lowest BCUT2D eigenvalue weighted by Crippen LogP contribution is -2.49. The maximum atomic E-state index is 12.1. The number of carbonyl (C=O) groups excluding carboxylic acids is 1. The van der Waals surface area contributed by atoms with Gasteiger partial charge in [0, 0.05) is 30.6 Å². The highest BCUT2D eigenvalue weighted by Gasteiger charge is 2.27. The van der Waals surface area contributed by atoms with Crippen molar-refractivity contribution < 1.29 is 9.53 Å². The average Bonchev–Trinajstić information content (AvgIpc) is 2.83. The molecule has 0 saturated carbocycles. The highest BCUT2D eigenvalue weighted by molar-refractivity contribution is 7.16. The van der Waals surface area contributed by atoms with Crippen LogP contribution in [0.2, 0.25) is 4.34 Å². The lowest BCUT2D eigenvalue weighted by Gasteiger charge is -2.34. The molecular weight excluding hydrogens is 320 g/mol. The van der Waals surface area contributed by atoms with Crippen molar-refractivity contribution in [3.05, 3.63) is 21.3 Å². The maximum Gasteiger partial charge on any atom is 0.410 e. The van der Waals surface area contributed by atoms with Crippen molar-refractivity contribution in [3.63, 3.8) is 0 Å². The topological polar surface area (TPSA) is 41.6 Å². The Balaban J connectivity index is 1.74. The van der Waals surface area contributed by atoms with E-state index in [1.54, 1.807) is 11.3 Å². The van der Waals surface area contributed by atoms with Crippen molar-refractivity contribution in [1.29, 1.82) is 0 Å². The van der Waals surface area contributed by atoms with E-state index in [2.05, 4.69) is 11.4 Å². The predicted octanol–water partition coefficient (Wildman–Crippen LogP) is 3.93. The molecule has 1 N–H and O–H groups in total. The molecule has 0 radical (unpaired) electrons. The van der Waals surface area contributed by atoms with Crippen LogP contribution in [-0.2, 0) is 11.2 Å². The van der Waals surface area contributed by atoms with Gasteiger partial charge in [-0.2, -0.15) is 0 Å². The van der Waals surface area contributed by atoms with Crippen LogP contribution in [0.4, 0.5) is 4.79 Å². The lowest BCUT2D eigenvalue weighted by molar-refractivity contribution is 0.0188. The molecule has 0 aliphatic carbocycles. The molecule has 0 spiro atoms. The van der Waals surface area contributed by atoms with Crippen LogP contribution < -0.4 is 5.32 Å². The Morgan fingerprint density at radius 2 is 2.27 bits per heavy atom. The Morgan fingerprint density at radius 1 is 1.50 bits per heavy atom. The summed E-state index contributed by atoms with van der Waals surface area (Å²) in [5, 5.41) is 3.54. The largest absolute Gasteiger partial charge is 0.444 e. The number of halogens is 1. The Hall–Kier alpha value is -0.780. The third kappa shape index (κ3) is 5.78. The second-order valence-corrected chi connectivity index (χ2v) is 8.48. The number of likely N-dealkylation sites (tertiary alicyclic amines) is 1. The SMILES string of the molecule is CC(C)(C)OC(=O)N1CCCC(NCCc2ccc(Cl)s2)C1. The minimum absolute atomic E-state index is 0.205. The standard InChI is InChI=1S/C16H25ClN2O2S/c1-16(2,3)21-15(20)19-10-4-5-12(11-19)18-9-8-13-6-7-14(17)22-13/h6-7,12,18H,4-5,8-11H2,1-3H3. The van der Waals surface area contributed by atoms with Crippen LogP contribution in [-0.4, -0.2) is 42.3 Å². The number of piperidine rings is 1. The molecule has 2 rings (SSSR count). The maximum absolute atomic E-state index is 12.1. The summed E-state index contributed by atoms with van der Waals surface area (Å²) in [4.78, 5) is 15.2. The number of hydrogen-bond acceptors (Lipinski definition) is 4. The van der Waals surface area contributed by atoms with Crippen LogP contribution in [0, 0.1) is 0 Å². The second-order valence-electron chi connectivity index (χ2n) is 6.68. The number of thiophene rings is 1. The summed E-state index contributed by atoms with van der Waals surface area (Å²) < 4.78 is 6.29. The van der Waals surface area contributed by atoms with Gasteiger partial charge in [0.05, 0.1) is 4.34 Å². The van der Waals surface area contributed by atoms with E-state index in [4.69, 9.17) is 16.3 Å². The monoisotopic (exact) mass is 344 g/mol. The van der Waals surface area contributed by atoms with Crippen molar-refractivity contribution in [2.75, 3.05) is 19.6 Å². The Bertz CT molecular complexity index is 499. The summed E-state index contributed by atoms with van der Waals surface area (Å²) in [7, 11) is 0. The number of nitrogens with one attached hydrogen (secondary N) is 1. The van der Waals surface area contributed by atoms with Crippen molar-refractivity contribution in [2.45, 2.75) is 51.7 Å². The van der Waals surface area contributed by atoms with Crippen LogP contribution >= 0.6 is 22.9 Å². The quantitative estimate of drug-likeness (QED) is 0.899. The molecule has 6 heteroatoms. The van der Waals surface area contributed by atoms with Crippen molar-refractivity contribution in [1.82, 2.24) is 10.2 Å². The van der Waals surface area contributed by atoms with Gasteiger partial charge >= 0.3 is 6.09 Å². The molecule has 1 aromatic heterocycles. The number of ether oxygens (including phenoxy) is 1. The Morgan fingerprint density at radius 3 is 2.91 bits per heavy atom. The third-order valence-electron chi connectivity index (χ3n) is 3.51. The van der Waals surface area contributed by atoms with Crippen LogP contribution in [0.5, 0.6) is 0 Å². The summed E-state index contributed by atoms with van der Waals surface area (Å²) in [6.07, 6.45) is 2.89. The molecule has 124 valence electrons. The molecule has 1 aliphatic heterocycles. The molecule has 1 aliphatic rings. The fourth-order valence-corrected chi connectivity index (χ4v) is 3.61. The van der Waals surface area contributed by atoms with Gasteiger partial charge in [0.1, 0.15) is 5.60 Å². The average molecular weight is 345 g/mol. The predicted molar refractivity (Wildman–Crippen MR) is 91.9 cm³/mol. The molecule has 0 bridgehead atoms. The summed E-state index contributed by atoms with van der Waals surface area (Å²) in [5.74, 6) is 0. The molecule has 0 aromatic carbocycles. The van der Waals surface area contributed by atoms with E-state index in [1.165, 1.54) is 4.88 Å². The smallest absolute Gasteiger partial charge is 0.410 e. The molecular formula is C16H25ClN2O2S. The van der Waals surface area contributed by atoms with Gasteiger partial charge in [-0.1, -0.05) is 11.6 Å². The van der Waals surface area contributed by atoms with Gasteiger partial charge in [-0.05, 0) is 52.2 Å². The van der Waals surface area contributed by atoms with Gasteiger partial charge in [-0.3, -0.25) is 0 Å². The molecule has 4 nitrogen and oxygen atoms in total. The minimum atomic E-state index is -0.435. The molecule has 1 saturated heterocycles. The molecule has 1 fully saturated rings. The number of nitrogens with zero attached hydrogens (tertiary/aromatic N) is 1. The first-order valence-corrected chi connectivity index (χ1v) is 8.98. The number of rotatable bonds is 4. The summed E-state index contributed by atoms with van der Waals surface area (Å²) >= 11 is 7.56. The van der Waals surface area contributed by atoms with Gasteiger partial charge in [0.25, 0.3) is 0 Å². The second kappa shape index (κ2) is 7.66. The van der Waals surface area contributed by atoms with E-state index in [1.807, 2.05) is 31.7 Å². The third-order valence-corrected chi connectivity index (χ3v) is 4.80. The molecule has 1 atom stereocenters. The number of hydrogen-bond donors (Lipinski definition) is 1. The van der Waals surface area contributed by atoms with Gasteiger partial charge in [-0.25, -0.2) is 4.79 Å². The van der Waals surface area contributed by atoms with Gasteiger partial charge in [0.2, 0.25) is 0 Å². The van der Waals surface area contributed by atoms with Crippen molar-refractivity contribution in [3.8, 4) is 0 Å². The first kappa shape index (κ1) is 17.6. The number of amides is 1. The minimum Gasteiger partial charge on any atom is -0.444 e. The Kier molecular flexibility index (Phi) is 6.12. The number of carbonyl (C=O) groups is 1. The fourth-order valence-electron chi connectivity index (χ4n) is 2.52. The first-order valence-electron chi connectivity index (χ1n) is 7.79. The molecule has 1 amide bonds. The zero-order valence-electron chi connectivity index (χ0n) is 13.5. The van der Waals surface area contributed by atoms with Gasteiger partial charge in [-0.15, -0.1) is 11.3 Å². The zero-order valence-corrected chi connectivity index (χ0v) is 15.1. The molecule has 1 unspecified atom stereocenters. The highest BCUT2D eigenvalue weighted by atomic mass is 35.5. The molecule has 22 heavy (non-hydrogen) atoms. The van der Waals surface area contributed by atoms with Gasteiger partial charge < -0.3 is 15.0 Å². The van der Waals surface area contributed by atoms with E-state index in [0.29, 0.717) is 6.04 Å². The normalized spacial score (nSPS) is 19.3. The zero-order chi connectivity index (χ0) is 16.2. The summed E-state index contributed by atoms with van der Waals surface area (Å²) in [5.41, 5.74) is -0.435. The van der Waals surface area contributed by atoms with Crippen LogP contribution in [0.1, 0.15) is 38.5 Å². The van der Waals surface area contributed by atoms with E-state index in [-0.39, 0.29) is 6.09 Å². The van der Waals surface area contributed by atoms with Crippen LogP contribution in [0.15, 0.2) is 12.1 Å². The summed E-state index contributed by atoms with van der Waals surface area (Å²) in [6, 6.07) is 4.35. The fraction of sp³-hybridized carbons (Fsp3) is 0.688. The molecule has 1 aromatic rings. The van der Waals surface area contributed by atoms with Crippen LogP contribution in [0.3, 0.4) is 0 Å². The van der Waals surface area contributed by atoms with E-state index in [0.717, 1.165) is 43.2 Å². The van der Waals surface area contributed by atoms with Crippen LogP contribution in [0.25, 0.3) is 0 Å². The molecule has 2 heterocycles. The lowest BCUT2D eigenvalue weighted by atomic mass is 10.1. The van der Waals surface area contributed by atoms with E-state index < -0.39 is 5.60 Å². The van der Waals surface area contributed by atoms with Crippen molar-refractivity contribution >= 4 is 29.0 Å². The van der Waals surface area contributed by atoms with E-state index in [9.17, 15) is 4.79 Å². The Labute approximate surface area is 141 Å². The highest BCUT2D eigenvalue weighted by Crippen LogP contribution is 2.21. The first-order chi connectivity index (χ1) is 10.3. The van der Waals surface area contributed by atoms with Gasteiger partial charge in [0.15, 0.2) is 0 Å². The van der Waals surface area contributed by atoms with E-state index >= 15 is 0 Å². The summed E-state index contributed by atoms with van der Waals surface area (Å²) in [6.45, 7) is 8.11.